The Kier molecular flexibility index (Phi) is 6.66. The molecule has 0 amide bonds. The van der Waals surface area contributed by atoms with Crippen LogP contribution >= 0.6 is 23.2 Å². The SMILES string of the molecule is Clc1cccnc1Cl.[O]=[Cr](=[O])([OH])[O][Cr](=[O])(=[O])[OH]. The Labute approximate surface area is 110 Å². The molecule has 17 heavy (non-hydrogen) atoms. The predicted molar refractivity (Wildman–Crippen MR) is 42.5 cm³/mol. The molecule has 0 bridgehead atoms. The van der Waals surface area contributed by atoms with E-state index in [0.29, 0.717) is 10.2 Å². The van der Waals surface area contributed by atoms with Crippen LogP contribution in [0, 0.1) is 0 Å². The average molecular weight is 366 g/mol. The van der Waals surface area contributed by atoms with E-state index >= 15 is 0 Å². The van der Waals surface area contributed by atoms with E-state index < -0.39 is 27.2 Å². The predicted octanol–water partition coefficient (Wildman–Crippen LogP) is 0.726. The van der Waals surface area contributed by atoms with Gasteiger partial charge in [0.25, 0.3) is 0 Å². The van der Waals surface area contributed by atoms with Crippen LogP contribution in [-0.2, 0) is 45.3 Å². The summed E-state index contributed by atoms with van der Waals surface area (Å²) in [5.74, 6) is 0. The van der Waals surface area contributed by atoms with Crippen molar-refractivity contribution in [1.82, 2.24) is 4.98 Å². The number of nitrogens with zero attached hydrogens (tertiary/aromatic N) is 1. The van der Waals surface area contributed by atoms with Crippen LogP contribution in [-0.4, -0.2) is 13.3 Å². The molecule has 0 saturated carbocycles. The van der Waals surface area contributed by atoms with Crippen molar-refractivity contribution in [3.8, 4) is 0 Å². The van der Waals surface area contributed by atoms with E-state index in [0.717, 1.165) is 0 Å². The minimum absolute atomic E-state index is 0.356. The maximum absolute atomic E-state index is 9.53. The Morgan fingerprint density at radius 2 is 1.59 bits per heavy atom. The summed E-state index contributed by atoms with van der Waals surface area (Å²) in [5, 5.41) is 0.850. The van der Waals surface area contributed by atoms with Gasteiger partial charge in [-0.25, -0.2) is 4.98 Å². The number of pyridine rings is 1. The molecule has 0 saturated heterocycles. The maximum atomic E-state index is 9.53. The summed E-state index contributed by atoms with van der Waals surface area (Å²) in [6.45, 7) is 0. The van der Waals surface area contributed by atoms with Crippen LogP contribution < -0.4 is 0 Å². The Morgan fingerprint density at radius 3 is 1.76 bits per heavy atom. The third-order valence-electron chi connectivity index (χ3n) is 0.886. The monoisotopic (exact) mass is 365 g/mol. The van der Waals surface area contributed by atoms with Crippen molar-refractivity contribution in [2.45, 2.75) is 0 Å². The van der Waals surface area contributed by atoms with E-state index in [1.807, 2.05) is 0 Å². The number of aromatic nitrogens is 1. The Bertz CT molecular complexity index is 519. The molecule has 1 heterocycles. The molecule has 0 atom stereocenters. The second kappa shape index (κ2) is 6.71. The average Bonchev–Trinajstić information content (AvgIpc) is 2.04. The fraction of sp³-hybridized carbons (Fsp3) is 0. The molecular formula is C5H5Cl2Cr2NO7. The van der Waals surface area contributed by atoms with Crippen molar-refractivity contribution in [3.05, 3.63) is 28.5 Å². The summed E-state index contributed by atoms with van der Waals surface area (Å²) >= 11 is -0.536. The summed E-state index contributed by atoms with van der Waals surface area (Å²) in [5.41, 5.74) is 0. The van der Waals surface area contributed by atoms with Crippen molar-refractivity contribution >= 4 is 23.2 Å². The van der Waals surface area contributed by atoms with E-state index in [1.54, 1.807) is 18.3 Å². The molecule has 0 fully saturated rings. The molecule has 0 aliphatic heterocycles. The second-order valence-corrected chi connectivity index (χ2v) is 6.73. The van der Waals surface area contributed by atoms with Crippen LogP contribution in [0.25, 0.3) is 0 Å². The van der Waals surface area contributed by atoms with Gasteiger partial charge in [0.05, 0.1) is 5.02 Å². The number of hydrogen-bond donors (Lipinski definition) is 2. The molecular weight excluding hydrogens is 361 g/mol. The van der Waals surface area contributed by atoms with Crippen LogP contribution in [0.15, 0.2) is 18.3 Å². The van der Waals surface area contributed by atoms with E-state index in [-0.39, 0.29) is 0 Å². The Balaban J connectivity index is 0.000000302. The van der Waals surface area contributed by atoms with Gasteiger partial charge < -0.3 is 0 Å². The van der Waals surface area contributed by atoms with E-state index in [1.165, 1.54) is 0 Å². The Morgan fingerprint density at radius 1 is 1.12 bits per heavy atom. The molecule has 0 aliphatic carbocycles. The first kappa shape index (κ1) is 16.9. The van der Waals surface area contributed by atoms with Crippen molar-refractivity contribution in [2.75, 3.05) is 0 Å². The van der Waals surface area contributed by atoms with E-state index in [9.17, 15) is 15.2 Å². The topological polar surface area (TPSA) is 131 Å². The van der Waals surface area contributed by atoms with Crippen LogP contribution in [0.3, 0.4) is 0 Å². The molecule has 12 heteroatoms. The summed E-state index contributed by atoms with van der Waals surface area (Å²) in [4.78, 5) is 3.71. The third kappa shape index (κ3) is 10.7. The minimum atomic E-state index is -5.76. The molecule has 1 aromatic rings. The molecule has 98 valence electrons. The molecule has 1 aromatic heterocycles. The first-order chi connectivity index (χ1) is 7.51. The van der Waals surface area contributed by atoms with Crippen molar-refractivity contribution in [2.24, 2.45) is 0 Å². The first-order valence-corrected chi connectivity index (χ1v) is 8.45. The van der Waals surface area contributed by atoms with Crippen LogP contribution in [0.2, 0.25) is 10.2 Å². The summed E-state index contributed by atoms with van der Waals surface area (Å²) < 4.78 is 56.3. The van der Waals surface area contributed by atoms with Gasteiger partial charge in [0.1, 0.15) is 5.15 Å². The zero-order chi connectivity index (χ0) is 13.7. The molecule has 1 rings (SSSR count). The van der Waals surface area contributed by atoms with Gasteiger partial charge in [-0.2, -0.15) is 0 Å². The summed E-state index contributed by atoms with van der Waals surface area (Å²) in [6, 6.07) is 3.42. The standard InChI is InChI=1S/C5H3Cl2N.2Cr.2H2O.5O/c6-4-2-1-3-8-5(4)7;;;;;;;;;/h1-3H;;;2*1H2;;;;;/q;2*+1;;;;;;;/p-2. The van der Waals surface area contributed by atoms with Gasteiger partial charge in [0.2, 0.25) is 0 Å². The molecule has 0 radical (unpaired) electrons. The first-order valence-electron chi connectivity index (χ1n) is 3.43. The molecule has 0 unspecified atom stereocenters. The van der Waals surface area contributed by atoms with Gasteiger partial charge in [-0.1, -0.05) is 23.2 Å². The van der Waals surface area contributed by atoms with Gasteiger partial charge in [-0.3, -0.25) is 0 Å². The molecule has 0 aliphatic rings. The molecule has 2 N–H and O–H groups in total. The molecule has 8 nitrogen and oxygen atoms in total. The molecule has 0 spiro atoms. The number of hydrogen-bond acceptors (Lipinski definition) is 6. The molecule has 0 aromatic carbocycles. The van der Waals surface area contributed by atoms with Crippen LogP contribution in [0.4, 0.5) is 0 Å². The Hall–Kier alpha value is -0.125. The third-order valence-corrected chi connectivity index (χ3v) is 4.34. The van der Waals surface area contributed by atoms with E-state index in [2.05, 4.69) is 7.82 Å². The fourth-order valence-electron chi connectivity index (χ4n) is 0.475. The van der Waals surface area contributed by atoms with Gasteiger partial charge in [0, 0.05) is 6.20 Å². The van der Waals surface area contributed by atoms with Gasteiger partial charge in [0.15, 0.2) is 0 Å². The number of halogens is 2. The fourth-order valence-corrected chi connectivity index (χ4v) is 2.45. The second-order valence-electron chi connectivity index (χ2n) is 2.20. The summed E-state index contributed by atoms with van der Waals surface area (Å²) in [6.07, 6.45) is 1.59. The van der Waals surface area contributed by atoms with E-state index in [4.69, 9.17) is 31.5 Å². The van der Waals surface area contributed by atoms with Crippen molar-refractivity contribution in [1.29, 1.82) is 0 Å². The van der Waals surface area contributed by atoms with Gasteiger partial charge >= 0.3 is 53.6 Å². The van der Waals surface area contributed by atoms with Gasteiger partial charge in [-0.05, 0) is 12.1 Å². The van der Waals surface area contributed by atoms with Crippen LogP contribution in [0.5, 0.6) is 0 Å². The zero-order valence-corrected chi connectivity index (χ0v) is 11.7. The summed E-state index contributed by atoms with van der Waals surface area (Å²) in [7, 11) is 0. The zero-order valence-electron chi connectivity index (χ0n) is 7.69. The van der Waals surface area contributed by atoms with Crippen LogP contribution in [0.1, 0.15) is 0 Å². The number of rotatable bonds is 2. The van der Waals surface area contributed by atoms with Gasteiger partial charge in [-0.15, -0.1) is 0 Å². The van der Waals surface area contributed by atoms with Crippen molar-refractivity contribution < 1.29 is 53.6 Å². The quantitative estimate of drug-likeness (QED) is 0.733. The van der Waals surface area contributed by atoms with Crippen molar-refractivity contribution in [3.63, 3.8) is 0 Å². The normalized spacial score (nSPS) is 11.5.